The second-order valence-corrected chi connectivity index (χ2v) is 4.46. The zero-order chi connectivity index (χ0) is 10.8. The van der Waals surface area contributed by atoms with Crippen LogP contribution in [0.5, 0.6) is 0 Å². The number of esters is 1. The van der Waals surface area contributed by atoms with Crippen LogP contribution >= 0.6 is 30.3 Å². The number of halogens is 1. The number of methoxy groups -OCH3 is 1. The van der Waals surface area contributed by atoms with Crippen molar-refractivity contribution in [3.05, 3.63) is 0 Å². The van der Waals surface area contributed by atoms with Crippen LogP contribution in [0.4, 0.5) is 0 Å². The number of carbonyl (C=O) groups is 1. The first-order valence-corrected chi connectivity index (χ1v) is 7.69. The molecule has 0 rings (SSSR count). The summed E-state index contributed by atoms with van der Waals surface area (Å²) in [5.41, 5.74) is 1.05. The summed E-state index contributed by atoms with van der Waals surface area (Å²) in [5.74, 6) is -0.138. The van der Waals surface area contributed by atoms with Gasteiger partial charge in [-0.1, -0.05) is 0 Å². The highest BCUT2D eigenvalue weighted by Crippen LogP contribution is 2.05. The van der Waals surface area contributed by atoms with Gasteiger partial charge in [0.2, 0.25) is 0 Å². The Labute approximate surface area is 101 Å². The number of nitrogens with one attached hydrogen (secondary N) is 1. The molecule has 0 amide bonds. The molecule has 4 nitrogen and oxygen atoms in total. The van der Waals surface area contributed by atoms with E-state index in [9.17, 15) is 4.79 Å². The third kappa shape index (κ3) is 8.61. The minimum absolute atomic E-state index is 0.138. The zero-order valence-corrected chi connectivity index (χ0v) is 11.4. The summed E-state index contributed by atoms with van der Waals surface area (Å²) in [6, 6.07) is 0. The zero-order valence-electron chi connectivity index (χ0n) is 8.38. The second kappa shape index (κ2) is 9.57. The van der Waals surface area contributed by atoms with Crippen molar-refractivity contribution in [1.82, 2.24) is 4.83 Å². The van der Waals surface area contributed by atoms with Gasteiger partial charge in [-0.05, 0) is 26.2 Å². The molecule has 0 aromatic heterocycles. The highest BCUT2D eigenvalue weighted by atomic mass is 127. The fraction of sp³-hybridized carbons (Fsp3) is 0.750. The van der Waals surface area contributed by atoms with Crippen LogP contribution in [0.3, 0.4) is 0 Å². The number of hydrazone groups is 1. The first-order chi connectivity index (χ1) is 6.70. The van der Waals surface area contributed by atoms with Gasteiger partial charge in [-0.25, -0.2) is 4.83 Å². The normalized spacial score (nSPS) is 11.2. The predicted molar refractivity (Wildman–Crippen MR) is 68.3 cm³/mol. The van der Waals surface area contributed by atoms with E-state index in [0.717, 1.165) is 25.0 Å². The molecule has 0 heterocycles. The molecule has 82 valence electrons. The molecule has 6 heteroatoms. The first-order valence-electron chi connectivity index (χ1n) is 4.33. The minimum Gasteiger partial charge on any atom is -0.469 e. The van der Waals surface area contributed by atoms with Crippen LogP contribution in [-0.2, 0) is 9.53 Å². The Balaban J connectivity index is 3.40. The second-order valence-electron chi connectivity index (χ2n) is 2.80. The highest BCUT2D eigenvalue weighted by molar-refractivity contribution is 14.2. The molecule has 0 radical (unpaired) electrons. The number of nitrogens with zero attached hydrogens (tertiary/aromatic N) is 1. The van der Waals surface area contributed by atoms with Gasteiger partial charge < -0.3 is 4.74 Å². The fourth-order valence-corrected chi connectivity index (χ4v) is 1.39. The summed E-state index contributed by atoms with van der Waals surface area (Å²) in [4.78, 5) is 13.6. The van der Waals surface area contributed by atoms with Crippen LogP contribution in [0.2, 0.25) is 0 Å². The summed E-state index contributed by atoms with van der Waals surface area (Å²) in [6.45, 7) is 1.97. The number of hydrogen-bond donors (Lipinski definition) is 1. The van der Waals surface area contributed by atoms with Crippen molar-refractivity contribution >= 4 is 42.0 Å². The molecule has 0 fully saturated rings. The van der Waals surface area contributed by atoms with E-state index >= 15 is 0 Å². The van der Waals surface area contributed by atoms with E-state index in [0.29, 0.717) is 6.42 Å². The van der Waals surface area contributed by atoms with E-state index in [-0.39, 0.29) is 5.97 Å². The maximum atomic E-state index is 10.8. The van der Waals surface area contributed by atoms with Gasteiger partial charge in [-0.15, -0.1) is 0 Å². The van der Waals surface area contributed by atoms with E-state index in [1.54, 1.807) is 0 Å². The van der Waals surface area contributed by atoms with Crippen LogP contribution < -0.4 is 4.83 Å². The first kappa shape index (κ1) is 14.0. The monoisotopic (exact) mass is 330 g/mol. The Kier molecular flexibility index (Phi) is 9.58. The lowest BCUT2D eigenvalue weighted by Gasteiger charge is -2.00. The van der Waals surface area contributed by atoms with Crippen LogP contribution in [-0.4, -0.2) is 18.8 Å². The van der Waals surface area contributed by atoms with Crippen LogP contribution in [0.25, 0.3) is 0 Å². The van der Waals surface area contributed by atoms with Crippen molar-refractivity contribution in [2.45, 2.75) is 32.6 Å². The number of unbranched alkanes of at least 4 members (excludes halogenated alkanes) is 1. The average molecular weight is 330 g/mol. The predicted octanol–water partition coefficient (Wildman–Crippen LogP) is 2.68. The lowest BCUT2D eigenvalue weighted by atomic mass is 10.1. The molecular formula is C8H15IN2O2S. The van der Waals surface area contributed by atoms with Gasteiger partial charge in [0.15, 0.2) is 0 Å². The van der Waals surface area contributed by atoms with Crippen molar-refractivity contribution in [3.8, 4) is 0 Å². The van der Waals surface area contributed by atoms with Gasteiger partial charge in [0.1, 0.15) is 0 Å². The number of hydrogen-bond acceptors (Lipinski definition) is 5. The van der Waals surface area contributed by atoms with Gasteiger partial charge in [-0.2, -0.15) is 5.10 Å². The van der Waals surface area contributed by atoms with Gasteiger partial charge in [0.05, 0.1) is 7.11 Å². The Morgan fingerprint density at radius 1 is 1.50 bits per heavy atom. The van der Waals surface area contributed by atoms with Crippen molar-refractivity contribution in [3.63, 3.8) is 0 Å². The van der Waals surface area contributed by atoms with Gasteiger partial charge in [-0.3, -0.25) is 4.79 Å². The third-order valence-corrected chi connectivity index (χ3v) is 2.42. The van der Waals surface area contributed by atoms with Crippen LogP contribution in [0, 0.1) is 0 Å². The largest absolute Gasteiger partial charge is 0.469 e. The Bertz CT molecular complexity index is 200. The average Bonchev–Trinajstić information content (AvgIpc) is 2.21. The molecule has 1 N–H and O–H groups in total. The SMILES string of the molecule is COC(=O)CCCC/C(C)=N/NSI. The molecule has 0 bridgehead atoms. The Morgan fingerprint density at radius 2 is 2.14 bits per heavy atom. The molecule has 0 aliphatic carbocycles. The number of rotatable bonds is 7. The van der Waals surface area contributed by atoms with Gasteiger partial charge in [0, 0.05) is 42.5 Å². The maximum absolute atomic E-state index is 10.8. The van der Waals surface area contributed by atoms with Crippen molar-refractivity contribution in [2.75, 3.05) is 7.11 Å². The lowest BCUT2D eigenvalue weighted by molar-refractivity contribution is -0.140. The topological polar surface area (TPSA) is 50.7 Å². The number of ether oxygens (including phenoxy) is 1. The van der Waals surface area contributed by atoms with E-state index in [4.69, 9.17) is 0 Å². The molecule has 0 saturated heterocycles. The molecular weight excluding hydrogens is 315 g/mol. The molecule has 0 aromatic carbocycles. The van der Waals surface area contributed by atoms with Crippen LogP contribution in [0.1, 0.15) is 32.6 Å². The maximum Gasteiger partial charge on any atom is 0.305 e. The molecule has 0 aliphatic rings. The van der Waals surface area contributed by atoms with Gasteiger partial charge in [0.25, 0.3) is 0 Å². The van der Waals surface area contributed by atoms with Crippen molar-refractivity contribution in [1.29, 1.82) is 0 Å². The molecule has 0 aromatic rings. The highest BCUT2D eigenvalue weighted by Gasteiger charge is 1.99. The van der Waals surface area contributed by atoms with Crippen molar-refractivity contribution in [2.24, 2.45) is 5.10 Å². The Morgan fingerprint density at radius 3 is 2.71 bits per heavy atom. The van der Waals surface area contributed by atoms with E-state index in [1.165, 1.54) is 16.2 Å². The Hall–Kier alpha value is 0.0200. The minimum atomic E-state index is -0.138. The smallest absolute Gasteiger partial charge is 0.305 e. The molecule has 0 aliphatic heterocycles. The summed E-state index contributed by atoms with van der Waals surface area (Å²) < 4.78 is 4.54. The van der Waals surface area contributed by atoms with Gasteiger partial charge >= 0.3 is 5.97 Å². The lowest BCUT2D eigenvalue weighted by Crippen LogP contribution is -2.01. The molecule has 0 spiro atoms. The van der Waals surface area contributed by atoms with E-state index in [2.05, 4.69) is 35.9 Å². The summed E-state index contributed by atoms with van der Waals surface area (Å²) in [5, 5.41) is 4.09. The van der Waals surface area contributed by atoms with E-state index < -0.39 is 0 Å². The summed E-state index contributed by atoms with van der Waals surface area (Å²) in [6.07, 6.45) is 3.24. The van der Waals surface area contributed by atoms with Crippen LogP contribution in [0.15, 0.2) is 5.10 Å². The quantitative estimate of drug-likeness (QED) is 0.195. The number of carbonyl (C=O) groups excluding carboxylic acids is 1. The van der Waals surface area contributed by atoms with Crippen molar-refractivity contribution < 1.29 is 9.53 Å². The standard InChI is InChI=1S/C8H15IN2O2S/c1-7(10-11-14-9)5-3-4-6-8(12)13-2/h11H,3-6H2,1-2H3/b10-7+. The van der Waals surface area contributed by atoms with E-state index in [1.807, 2.05) is 6.92 Å². The third-order valence-electron chi connectivity index (χ3n) is 1.67. The summed E-state index contributed by atoms with van der Waals surface area (Å²) >= 11 is 2.12. The molecule has 14 heavy (non-hydrogen) atoms. The summed E-state index contributed by atoms with van der Waals surface area (Å²) in [7, 11) is 2.85. The molecule has 0 saturated carbocycles. The fourth-order valence-electron chi connectivity index (χ4n) is 0.903. The molecule has 0 unspecified atom stereocenters. The molecule has 0 atom stereocenters.